The molecule has 8 heteroatoms. The third-order valence-electron chi connectivity index (χ3n) is 4.20. The fourth-order valence-electron chi connectivity index (χ4n) is 2.86. The highest BCUT2D eigenvalue weighted by molar-refractivity contribution is 6.30. The number of carbonyl (C=O) groups is 3. The number of carboxylic acid groups (broad SMARTS) is 1. The number of hydrogen-bond acceptors (Lipinski definition) is 4. The van der Waals surface area contributed by atoms with Gasteiger partial charge in [-0.15, -0.1) is 0 Å². The zero-order chi connectivity index (χ0) is 20.4. The average Bonchev–Trinajstić information content (AvgIpc) is 2.76. The predicted octanol–water partition coefficient (Wildman–Crippen LogP) is 1.68. The van der Waals surface area contributed by atoms with Gasteiger partial charge in [0.15, 0.2) is 0 Å². The van der Waals surface area contributed by atoms with Crippen molar-refractivity contribution in [1.29, 1.82) is 0 Å². The van der Waals surface area contributed by atoms with Gasteiger partial charge >= 0.3 is 0 Å². The first-order valence-electron chi connectivity index (χ1n) is 8.91. The topological polar surface area (TPSA) is 113 Å². The summed E-state index contributed by atoms with van der Waals surface area (Å²) in [4.78, 5) is 34.7. The molecule has 0 aliphatic carbocycles. The Morgan fingerprint density at radius 2 is 1.93 bits per heavy atom. The molecule has 0 unspecified atom stereocenters. The third-order valence-corrected chi connectivity index (χ3v) is 4.43. The lowest BCUT2D eigenvalue weighted by Crippen LogP contribution is -2.42. The van der Waals surface area contributed by atoms with E-state index in [4.69, 9.17) is 27.2 Å². The lowest BCUT2D eigenvalue weighted by molar-refractivity contribution is -0.134. The van der Waals surface area contributed by atoms with Gasteiger partial charge in [0.1, 0.15) is 0 Å². The Hall–Kier alpha value is -2.12. The van der Waals surface area contributed by atoms with Crippen LogP contribution in [0.1, 0.15) is 32.3 Å². The number of hydrogen-bond donors (Lipinski definition) is 3. The summed E-state index contributed by atoms with van der Waals surface area (Å²) in [5.41, 5.74) is 7.07. The van der Waals surface area contributed by atoms with Crippen LogP contribution in [0.15, 0.2) is 24.3 Å². The second-order valence-electron chi connectivity index (χ2n) is 6.65. The molecule has 2 rings (SSSR count). The summed E-state index contributed by atoms with van der Waals surface area (Å²) in [5.74, 6) is -1.06. The molecule has 1 aromatic rings. The van der Waals surface area contributed by atoms with Crippen LogP contribution in [0.4, 0.5) is 0 Å². The van der Waals surface area contributed by atoms with E-state index in [1.165, 1.54) is 6.92 Å². The van der Waals surface area contributed by atoms with E-state index < -0.39 is 5.97 Å². The minimum atomic E-state index is -0.833. The molecule has 150 valence electrons. The third kappa shape index (κ3) is 9.40. The van der Waals surface area contributed by atoms with Crippen molar-refractivity contribution in [3.63, 3.8) is 0 Å². The van der Waals surface area contributed by atoms with Gasteiger partial charge in [0, 0.05) is 44.5 Å². The van der Waals surface area contributed by atoms with E-state index in [1.54, 1.807) is 4.90 Å². The van der Waals surface area contributed by atoms with Crippen molar-refractivity contribution in [1.82, 2.24) is 10.2 Å². The van der Waals surface area contributed by atoms with Crippen molar-refractivity contribution in [2.45, 2.75) is 39.2 Å². The van der Waals surface area contributed by atoms with Crippen LogP contribution in [0.25, 0.3) is 0 Å². The van der Waals surface area contributed by atoms with E-state index in [0.717, 1.165) is 25.3 Å². The van der Waals surface area contributed by atoms with Crippen molar-refractivity contribution in [2.75, 3.05) is 19.6 Å². The van der Waals surface area contributed by atoms with Crippen molar-refractivity contribution in [3.05, 3.63) is 34.9 Å². The van der Waals surface area contributed by atoms with Gasteiger partial charge in [-0.2, -0.15) is 0 Å². The molecular weight excluding hydrogens is 370 g/mol. The summed E-state index contributed by atoms with van der Waals surface area (Å²) in [6, 6.07) is 7.56. The molecule has 0 spiro atoms. The van der Waals surface area contributed by atoms with Gasteiger partial charge in [-0.05, 0) is 37.0 Å². The molecule has 2 atom stereocenters. The second-order valence-corrected chi connectivity index (χ2v) is 7.08. The van der Waals surface area contributed by atoms with Crippen LogP contribution in [-0.2, 0) is 20.8 Å². The number of aliphatic carboxylic acids is 1. The first-order valence-corrected chi connectivity index (χ1v) is 9.29. The number of nitrogens with two attached hydrogens (primary N) is 1. The Bertz CT molecular complexity index is 650. The highest BCUT2D eigenvalue weighted by Gasteiger charge is 2.27. The normalized spacial score (nSPS) is 19.3. The molecule has 2 amide bonds. The number of likely N-dealkylation sites (tertiary alicyclic amines) is 1. The number of benzene rings is 1. The summed E-state index contributed by atoms with van der Waals surface area (Å²) in [5, 5.41) is 11.1. The Labute approximate surface area is 164 Å². The van der Waals surface area contributed by atoms with Crippen LogP contribution < -0.4 is 11.1 Å². The summed E-state index contributed by atoms with van der Waals surface area (Å²) in [7, 11) is 0. The van der Waals surface area contributed by atoms with E-state index in [-0.39, 0.29) is 23.8 Å². The summed E-state index contributed by atoms with van der Waals surface area (Å²) < 4.78 is 0. The Kier molecular flexibility index (Phi) is 9.82. The van der Waals surface area contributed by atoms with Gasteiger partial charge < -0.3 is 21.1 Å². The molecule has 1 fully saturated rings. The summed E-state index contributed by atoms with van der Waals surface area (Å²) in [6.07, 6.45) is 2.21. The van der Waals surface area contributed by atoms with E-state index in [1.807, 2.05) is 24.3 Å². The predicted molar refractivity (Wildman–Crippen MR) is 104 cm³/mol. The number of nitrogens with one attached hydrogen (secondary N) is 1. The molecule has 1 aliphatic rings. The Balaban J connectivity index is 0.000000828. The minimum Gasteiger partial charge on any atom is -0.481 e. The zero-order valence-corrected chi connectivity index (χ0v) is 16.5. The molecule has 1 aliphatic heterocycles. The van der Waals surface area contributed by atoms with Crippen molar-refractivity contribution >= 4 is 29.4 Å². The van der Waals surface area contributed by atoms with Gasteiger partial charge in [-0.3, -0.25) is 14.4 Å². The summed E-state index contributed by atoms with van der Waals surface area (Å²) >= 11 is 5.95. The Morgan fingerprint density at radius 3 is 2.52 bits per heavy atom. The van der Waals surface area contributed by atoms with Crippen LogP contribution in [-0.4, -0.2) is 53.5 Å². The fourth-order valence-corrected chi connectivity index (χ4v) is 3.07. The van der Waals surface area contributed by atoms with Crippen LogP contribution in [0.5, 0.6) is 0 Å². The van der Waals surface area contributed by atoms with Gasteiger partial charge in [-0.1, -0.05) is 23.7 Å². The molecule has 0 saturated carbocycles. The maximum atomic E-state index is 12.4. The highest BCUT2D eigenvalue weighted by Crippen LogP contribution is 2.17. The first-order chi connectivity index (χ1) is 12.7. The van der Waals surface area contributed by atoms with Crippen LogP contribution >= 0.6 is 11.6 Å². The molecule has 0 radical (unpaired) electrons. The minimum absolute atomic E-state index is 0.00706. The van der Waals surface area contributed by atoms with Crippen LogP contribution in [0.3, 0.4) is 0 Å². The SMILES string of the molecule is CC(=O)N1C[C@@H](N)CC[C@@H](C(=O)NCCc2cccc(Cl)c2)C1.CC(=O)O. The van der Waals surface area contributed by atoms with Gasteiger partial charge in [0.25, 0.3) is 5.97 Å². The standard InChI is InChI=1S/C17H24ClN3O2.C2H4O2/c1-12(22)21-10-14(5-6-16(19)11-21)17(23)20-8-7-13-3-2-4-15(18)9-13;1-2(3)4/h2-4,9,14,16H,5-8,10-11,19H2,1H3,(H,20,23);1H3,(H,3,4)/t14-,16+;/m1./s1. The van der Waals surface area contributed by atoms with E-state index in [2.05, 4.69) is 5.32 Å². The van der Waals surface area contributed by atoms with Gasteiger partial charge in [0.2, 0.25) is 11.8 Å². The molecule has 4 N–H and O–H groups in total. The van der Waals surface area contributed by atoms with Crippen LogP contribution in [0.2, 0.25) is 5.02 Å². The smallest absolute Gasteiger partial charge is 0.300 e. The van der Waals surface area contributed by atoms with E-state index in [9.17, 15) is 9.59 Å². The number of halogens is 1. The lowest BCUT2D eigenvalue weighted by atomic mass is 10.0. The van der Waals surface area contributed by atoms with Crippen molar-refractivity contribution < 1.29 is 19.5 Å². The van der Waals surface area contributed by atoms with Crippen LogP contribution in [0, 0.1) is 5.92 Å². The molecule has 0 bridgehead atoms. The molecule has 1 aromatic carbocycles. The van der Waals surface area contributed by atoms with Crippen molar-refractivity contribution in [2.24, 2.45) is 11.7 Å². The van der Waals surface area contributed by atoms with E-state index in [0.29, 0.717) is 31.1 Å². The fraction of sp³-hybridized carbons (Fsp3) is 0.526. The van der Waals surface area contributed by atoms with Gasteiger partial charge in [-0.25, -0.2) is 0 Å². The van der Waals surface area contributed by atoms with Crippen molar-refractivity contribution in [3.8, 4) is 0 Å². The zero-order valence-electron chi connectivity index (χ0n) is 15.8. The largest absolute Gasteiger partial charge is 0.481 e. The molecule has 27 heavy (non-hydrogen) atoms. The molecule has 1 saturated heterocycles. The lowest BCUT2D eigenvalue weighted by Gasteiger charge is -2.23. The number of carbonyl (C=O) groups excluding carboxylic acids is 2. The highest BCUT2D eigenvalue weighted by atomic mass is 35.5. The average molecular weight is 398 g/mol. The molecule has 1 heterocycles. The molecular formula is C19H28ClN3O4. The number of amides is 2. The second kappa shape index (κ2) is 11.6. The molecule has 7 nitrogen and oxygen atoms in total. The maximum absolute atomic E-state index is 12.4. The first kappa shape index (κ1) is 22.9. The quantitative estimate of drug-likeness (QED) is 0.715. The molecule has 0 aromatic heterocycles. The number of carboxylic acids is 1. The monoisotopic (exact) mass is 397 g/mol. The Morgan fingerprint density at radius 1 is 1.26 bits per heavy atom. The number of rotatable bonds is 4. The summed E-state index contributed by atoms with van der Waals surface area (Å²) in [6.45, 7) is 4.14. The van der Waals surface area contributed by atoms with E-state index >= 15 is 0 Å². The van der Waals surface area contributed by atoms with Gasteiger partial charge in [0.05, 0.1) is 5.92 Å². The maximum Gasteiger partial charge on any atom is 0.300 e. The number of nitrogens with zero attached hydrogens (tertiary/aromatic N) is 1.